The third kappa shape index (κ3) is 3.49. The number of amides is 2. The van der Waals surface area contributed by atoms with Crippen LogP contribution in [0.15, 0.2) is 24.3 Å². The lowest BCUT2D eigenvalue weighted by Crippen LogP contribution is -2.40. The van der Waals surface area contributed by atoms with E-state index in [0.717, 1.165) is 50.6 Å². The van der Waals surface area contributed by atoms with Crippen molar-refractivity contribution in [1.82, 2.24) is 4.90 Å². The second kappa shape index (κ2) is 6.37. The maximum absolute atomic E-state index is 12.2. The lowest BCUT2D eigenvalue weighted by molar-refractivity contribution is 0.186. The van der Waals surface area contributed by atoms with Crippen LogP contribution in [0.2, 0.25) is 0 Å². The molecule has 114 valence electrons. The second-order valence-electron chi connectivity index (χ2n) is 6.34. The summed E-state index contributed by atoms with van der Waals surface area (Å²) in [6.45, 7) is 6.30. The van der Waals surface area contributed by atoms with Gasteiger partial charge in [0.1, 0.15) is 0 Å². The summed E-state index contributed by atoms with van der Waals surface area (Å²) in [4.78, 5) is 16.5. The molecule has 0 atom stereocenters. The summed E-state index contributed by atoms with van der Waals surface area (Å²) >= 11 is 0. The molecule has 2 fully saturated rings. The summed E-state index contributed by atoms with van der Waals surface area (Å²) in [6.07, 6.45) is 4.79. The van der Waals surface area contributed by atoms with Crippen molar-refractivity contribution >= 4 is 17.4 Å². The van der Waals surface area contributed by atoms with E-state index in [1.54, 1.807) is 0 Å². The van der Waals surface area contributed by atoms with Crippen molar-refractivity contribution in [3.63, 3.8) is 0 Å². The van der Waals surface area contributed by atoms with E-state index < -0.39 is 0 Å². The number of urea groups is 1. The molecule has 0 bridgehead atoms. The van der Waals surface area contributed by atoms with Crippen LogP contribution in [0.5, 0.6) is 0 Å². The van der Waals surface area contributed by atoms with Gasteiger partial charge in [0.2, 0.25) is 0 Å². The Kier molecular flexibility index (Phi) is 4.32. The molecule has 0 aliphatic carbocycles. The predicted molar refractivity (Wildman–Crippen MR) is 86.9 cm³/mol. The summed E-state index contributed by atoms with van der Waals surface area (Å²) < 4.78 is 0. The van der Waals surface area contributed by atoms with Crippen LogP contribution in [0.1, 0.15) is 32.6 Å². The summed E-state index contributed by atoms with van der Waals surface area (Å²) in [7, 11) is 0. The lowest BCUT2D eigenvalue weighted by Gasteiger charge is -2.30. The molecule has 1 N–H and O–H groups in total. The van der Waals surface area contributed by atoms with Crippen molar-refractivity contribution in [3.05, 3.63) is 24.3 Å². The number of anilines is 2. The Morgan fingerprint density at radius 2 is 1.67 bits per heavy atom. The summed E-state index contributed by atoms with van der Waals surface area (Å²) in [5.41, 5.74) is 2.15. The molecule has 2 aliphatic rings. The zero-order chi connectivity index (χ0) is 14.7. The number of nitrogens with zero attached hydrogens (tertiary/aromatic N) is 2. The maximum Gasteiger partial charge on any atom is 0.321 e. The molecule has 0 saturated carbocycles. The Balaban J connectivity index is 1.56. The van der Waals surface area contributed by atoms with E-state index in [4.69, 9.17) is 0 Å². The van der Waals surface area contributed by atoms with Gasteiger partial charge in [-0.25, -0.2) is 4.79 Å². The van der Waals surface area contributed by atoms with Crippen molar-refractivity contribution in [2.75, 3.05) is 36.4 Å². The number of carbonyl (C=O) groups excluding carboxylic acids is 1. The minimum atomic E-state index is 0.0378. The van der Waals surface area contributed by atoms with E-state index in [0.29, 0.717) is 0 Å². The fraction of sp³-hybridized carbons (Fsp3) is 0.588. The normalized spacial score (nSPS) is 19.9. The Bertz CT molecular complexity index is 471. The van der Waals surface area contributed by atoms with E-state index in [-0.39, 0.29) is 6.03 Å². The first-order valence-electron chi connectivity index (χ1n) is 8.13. The van der Waals surface area contributed by atoms with Crippen LogP contribution in [-0.2, 0) is 0 Å². The Labute approximate surface area is 127 Å². The molecule has 4 heteroatoms. The SMILES string of the molecule is CC1CCN(C(=O)Nc2ccc(N3CCCC3)cc2)CC1. The van der Waals surface area contributed by atoms with Crippen LogP contribution in [0.4, 0.5) is 16.2 Å². The minimum absolute atomic E-state index is 0.0378. The monoisotopic (exact) mass is 287 g/mol. The average molecular weight is 287 g/mol. The molecular formula is C17H25N3O. The van der Waals surface area contributed by atoms with E-state index >= 15 is 0 Å². The van der Waals surface area contributed by atoms with Crippen molar-refractivity contribution < 1.29 is 4.79 Å². The zero-order valence-electron chi connectivity index (χ0n) is 12.8. The number of hydrogen-bond acceptors (Lipinski definition) is 2. The van der Waals surface area contributed by atoms with Gasteiger partial charge in [-0.3, -0.25) is 0 Å². The van der Waals surface area contributed by atoms with Crippen LogP contribution in [0.25, 0.3) is 0 Å². The average Bonchev–Trinajstić information content (AvgIpc) is 3.03. The summed E-state index contributed by atoms with van der Waals surface area (Å²) in [5.74, 6) is 0.744. The molecule has 1 aromatic carbocycles. The first-order valence-corrected chi connectivity index (χ1v) is 8.13. The molecule has 0 unspecified atom stereocenters. The molecule has 0 radical (unpaired) electrons. The number of rotatable bonds is 2. The molecular weight excluding hydrogens is 262 g/mol. The highest BCUT2D eigenvalue weighted by atomic mass is 16.2. The third-order valence-corrected chi connectivity index (χ3v) is 4.66. The maximum atomic E-state index is 12.2. The fourth-order valence-corrected chi connectivity index (χ4v) is 3.15. The number of piperidine rings is 1. The largest absolute Gasteiger partial charge is 0.372 e. The molecule has 2 aliphatic heterocycles. The Morgan fingerprint density at radius 1 is 1.05 bits per heavy atom. The van der Waals surface area contributed by atoms with E-state index in [2.05, 4.69) is 29.3 Å². The van der Waals surface area contributed by atoms with E-state index in [1.807, 2.05) is 17.0 Å². The molecule has 2 heterocycles. The van der Waals surface area contributed by atoms with Gasteiger partial charge in [-0.2, -0.15) is 0 Å². The van der Waals surface area contributed by atoms with Crippen LogP contribution in [0, 0.1) is 5.92 Å². The van der Waals surface area contributed by atoms with Gasteiger partial charge in [0.05, 0.1) is 0 Å². The van der Waals surface area contributed by atoms with Gasteiger partial charge in [0.25, 0.3) is 0 Å². The van der Waals surface area contributed by atoms with Crippen molar-refractivity contribution in [2.45, 2.75) is 32.6 Å². The molecule has 3 rings (SSSR count). The van der Waals surface area contributed by atoms with Gasteiger partial charge in [0.15, 0.2) is 0 Å². The molecule has 21 heavy (non-hydrogen) atoms. The van der Waals surface area contributed by atoms with Crippen LogP contribution < -0.4 is 10.2 Å². The third-order valence-electron chi connectivity index (χ3n) is 4.66. The van der Waals surface area contributed by atoms with E-state index in [9.17, 15) is 4.79 Å². The predicted octanol–water partition coefficient (Wildman–Crippen LogP) is 3.55. The number of nitrogens with one attached hydrogen (secondary N) is 1. The summed E-state index contributed by atoms with van der Waals surface area (Å²) in [5, 5.41) is 3.01. The number of hydrogen-bond donors (Lipinski definition) is 1. The zero-order valence-corrected chi connectivity index (χ0v) is 12.8. The van der Waals surface area contributed by atoms with Crippen LogP contribution >= 0.6 is 0 Å². The molecule has 0 aromatic heterocycles. The molecule has 1 aromatic rings. The van der Waals surface area contributed by atoms with Crippen molar-refractivity contribution in [2.24, 2.45) is 5.92 Å². The van der Waals surface area contributed by atoms with Crippen LogP contribution in [0.3, 0.4) is 0 Å². The number of carbonyl (C=O) groups is 1. The molecule has 2 amide bonds. The van der Waals surface area contributed by atoms with Gasteiger partial charge < -0.3 is 15.1 Å². The molecule has 2 saturated heterocycles. The highest BCUT2D eigenvalue weighted by Crippen LogP contribution is 2.22. The van der Waals surface area contributed by atoms with Gasteiger partial charge in [-0.05, 0) is 55.9 Å². The Hall–Kier alpha value is -1.71. The van der Waals surface area contributed by atoms with Crippen molar-refractivity contribution in [1.29, 1.82) is 0 Å². The molecule has 4 nitrogen and oxygen atoms in total. The molecule has 0 spiro atoms. The van der Waals surface area contributed by atoms with Gasteiger partial charge in [0, 0.05) is 37.6 Å². The van der Waals surface area contributed by atoms with E-state index in [1.165, 1.54) is 18.5 Å². The first-order chi connectivity index (χ1) is 10.2. The van der Waals surface area contributed by atoms with Gasteiger partial charge in [-0.15, -0.1) is 0 Å². The lowest BCUT2D eigenvalue weighted by atomic mass is 10.00. The van der Waals surface area contributed by atoms with Gasteiger partial charge in [-0.1, -0.05) is 6.92 Å². The number of likely N-dealkylation sites (tertiary alicyclic amines) is 1. The topological polar surface area (TPSA) is 35.6 Å². The quantitative estimate of drug-likeness (QED) is 0.903. The van der Waals surface area contributed by atoms with Gasteiger partial charge >= 0.3 is 6.03 Å². The smallest absolute Gasteiger partial charge is 0.321 e. The Morgan fingerprint density at radius 3 is 2.29 bits per heavy atom. The second-order valence-corrected chi connectivity index (χ2v) is 6.34. The highest BCUT2D eigenvalue weighted by molar-refractivity contribution is 5.89. The highest BCUT2D eigenvalue weighted by Gasteiger charge is 2.20. The first kappa shape index (κ1) is 14.2. The van der Waals surface area contributed by atoms with Crippen molar-refractivity contribution in [3.8, 4) is 0 Å². The summed E-state index contributed by atoms with van der Waals surface area (Å²) in [6, 6.07) is 8.28. The minimum Gasteiger partial charge on any atom is -0.372 e. The standard InChI is InChI=1S/C17H25N3O/c1-14-8-12-20(13-9-14)17(21)18-15-4-6-16(7-5-15)19-10-2-3-11-19/h4-7,14H,2-3,8-13H2,1H3,(H,18,21). The van der Waals surface area contributed by atoms with Crippen LogP contribution in [-0.4, -0.2) is 37.1 Å². The fourth-order valence-electron chi connectivity index (χ4n) is 3.15. The number of benzene rings is 1.